The number of nitrogens with one attached hydrogen (secondary N) is 1. The van der Waals surface area contributed by atoms with Crippen LogP contribution in [0.4, 0.5) is 13.2 Å². The lowest BCUT2D eigenvalue weighted by atomic mass is 9.95. The van der Waals surface area contributed by atoms with Crippen molar-refractivity contribution in [3.05, 3.63) is 80.0 Å². The van der Waals surface area contributed by atoms with Gasteiger partial charge in [0.25, 0.3) is 11.5 Å². The number of nitrogens with zero attached hydrogens (tertiary/aromatic N) is 1. The predicted octanol–water partition coefficient (Wildman–Crippen LogP) is 3.94. The molecule has 0 saturated carbocycles. The van der Waals surface area contributed by atoms with Crippen molar-refractivity contribution in [3.63, 3.8) is 0 Å². The monoisotopic (exact) mass is 422 g/mol. The first kappa shape index (κ1) is 19.5. The summed E-state index contributed by atoms with van der Waals surface area (Å²) in [5, 5.41) is 0.0439. The van der Waals surface area contributed by atoms with E-state index >= 15 is 0 Å². The molecule has 0 fully saturated rings. The SMILES string of the molecule is CN(C(=O)c1ccc(Cl)c(F)c1)[C@@H]1COCc2[nH]c(=O)c3cc(F)c(F)cc3c21. The maximum atomic E-state index is 13.9. The van der Waals surface area contributed by atoms with E-state index in [9.17, 15) is 22.8 Å². The molecule has 0 bridgehead atoms. The third-order valence-corrected chi connectivity index (χ3v) is 5.30. The number of hydrogen-bond donors (Lipinski definition) is 1. The Bertz CT molecular complexity index is 1210. The highest BCUT2D eigenvalue weighted by Crippen LogP contribution is 2.34. The summed E-state index contributed by atoms with van der Waals surface area (Å²) in [5.74, 6) is -3.51. The summed E-state index contributed by atoms with van der Waals surface area (Å²) in [7, 11) is 1.48. The number of carbonyl (C=O) groups is 1. The van der Waals surface area contributed by atoms with E-state index in [0.29, 0.717) is 11.3 Å². The Kier molecular flexibility index (Phi) is 4.84. The molecule has 2 heterocycles. The maximum Gasteiger partial charge on any atom is 0.256 e. The Morgan fingerprint density at radius 3 is 2.52 bits per heavy atom. The van der Waals surface area contributed by atoms with E-state index < -0.39 is 35.0 Å². The molecule has 4 rings (SSSR count). The molecule has 2 aromatic carbocycles. The number of aromatic nitrogens is 1. The average molecular weight is 423 g/mol. The minimum absolute atomic E-state index is 0.0343. The van der Waals surface area contributed by atoms with Gasteiger partial charge in [-0.1, -0.05) is 11.6 Å². The van der Waals surface area contributed by atoms with Crippen molar-refractivity contribution in [2.45, 2.75) is 12.6 Å². The minimum Gasteiger partial charge on any atom is -0.373 e. The molecule has 0 unspecified atom stereocenters. The van der Waals surface area contributed by atoms with Crippen LogP contribution >= 0.6 is 11.6 Å². The van der Waals surface area contributed by atoms with Crippen LogP contribution in [0.3, 0.4) is 0 Å². The van der Waals surface area contributed by atoms with E-state index in [4.69, 9.17) is 16.3 Å². The second kappa shape index (κ2) is 7.20. The molecule has 1 amide bonds. The van der Waals surface area contributed by atoms with Crippen molar-refractivity contribution in [3.8, 4) is 0 Å². The average Bonchev–Trinajstić information content (AvgIpc) is 2.70. The van der Waals surface area contributed by atoms with Crippen LogP contribution in [0.15, 0.2) is 35.1 Å². The molecule has 0 aliphatic carbocycles. The van der Waals surface area contributed by atoms with Crippen LogP contribution in [0.1, 0.15) is 27.7 Å². The normalized spacial score (nSPS) is 16.0. The smallest absolute Gasteiger partial charge is 0.256 e. The molecule has 1 N–H and O–H groups in total. The molecule has 1 aliphatic rings. The van der Waals surface area contributed by atoms with Crippen molar-refractivity contribution < 1.29 is 22.7 Å². The maximum absolute atomic E-state index is 13.9. The molecular weight excluding hydrogens is 409 g/mol. The summed E-state index contributed by atoms with van der Waals surface area (Å²) in [6.07, 6.45) is 0. The molecule has 0 saturated heterocycles. The molecule has 0 spiro atoms. The molecule has 1 atom stereocenters. The Balaban J connectivity index is 1.84. The highest BCUT2D eigenvalue weighted by Gasteiger charge is 2.31. The number of likely N-dealkylation sites (N-methyl/N-ethyl adjacent to an activating group) is 1. The van der Waals surface area contributed by atoms with Gasteiger partial charge in [0.1, 0.15) is 5.82 Å². The number of halogens is 4. The zero-order chi connectivity index (χ0) is 20.9. The molecule has 5 nitrogen and oxygen atoms in total. The van der Waals surface area contributed by atoms with Gasteiger partial charge in [-0.05, 0) is 35.7 Å². The van der Waals surface area contributed by atoms with Crippen LogP contribution in [0.25, 0.3) is 10.8 Å². The lowest BCUT2D eigenvalue weighted by molar-refractivity contribution is 0.0335. The summed E-state index contributed by atoms with van der Waals surface area (Å²) in [6.45, 7) is 0.110. The molecule has 3 aromatic rings. The molecule has 1 aliphatic heterocycles. The number of hydrogen-bond acceptors (Lipinski definition) is 3. The van der Waals surface area contributed by atoms with Crippen molar-refractivity contribution in [1.29, 1.82) is 0 Å². The fourth-order valence-corrected chi connectivity index (χ4v) is 3.64. The van der Waals surface area contributed by atoms with Crippen LogP contribution in [-0.2, 0) is 11.3 Å². The third kappa shape index (κ3) is 3.28. The van der Waals surface area contributed by atoms with E-state index in [2.05, 4.69) is 4.98 Å². The van der Waals surface area contributed by atoms with E-state index in [1.165, 1.54) is 24.1 Å². The van der Waals surface area contributed by atoms with Crippen LogP contribution in [0.2, 0.25) is 5.02 Å². The number of benzene rings is 2. The Hall–Kier alpha value is -2.84. The van der Waals surface area contributed by atoms with E-state index in [0.717, 1.165) is 18.2 Å². The number of rotatable bonds is 2. The molecule has 1 aromatic heterocycles. The van der Waals surface area contributed by atoms with Crippen molar-refractivity contribution in [1.82, 2.24) is 9.88 Å². The zero-order valence-corrected chi connectivity index (χ0v) is 15.8. The Labute approximate surface area is 167 Å². The third-order valence-electron chi connectivity index (χ3n) is 4.99. The summed E-state index contributed by atoms with van der Waals surface area (Å²) < 4.78 is 46.9. The van der Waals surface area contributed by atoms with Gasteiger partial charge in [0, 0.05) is 23.9 Å². The van der Waals surface area contributed by atoms with Crippen LogP contribution in [-0.4, -0.2) is 29.4 Å². The first-order valence-corrected chi connectivity index (χ1v) is 8.99. The fraction of sp³-hybridized carbons (Fsp3) is 0.200. The number of carbonyl (C=O) groups excluding carboxylic acids is 1. The number of fused-ring (bicyclic) bond motifs is 3. The van der Waals surface area contributed by atoms with E-state index in [1.807, 2.05) is 0 Å². The number of ether oxygens (including phenoxy) is 1. The number of aromatic amines is 1. The molecular formula is C20H14ClF3N2O3. The largest absolute Gasteiger partial charge is 0.373 e. The molecule has 0 radical (unpaired) electrons. The quantitative estimate of drug-likeness (QED) is 0.680. The first-order chi connectivity index (χ1) is 13.8. The standard InChI is InChI=1S/C20H14ClF3N2O3/c1-26(20(28)9-2-3-12(21)13(22)4-9)17-8-29-7-16-18(17)10-5-14(23)15(24)6-11(10)19(27)25-16/h2-6,17H,7-8H2,1H3,(H,25,27)/t17-/m1/s1. The number of H-pyrrole nitrogens is 1. The summed E-state index contributed by atoms with van der Waals surface area (Å²) in [5.41, 5.74) is 0.296. The molecule has 9 heteroatoms. The van der Waals surface area contributed by atoms with E-state index in [1.54, 1.807) is 0 Å². The molecule has 29 heavy (non-hydrogen) atoms. The van der Waals surface area contributed by atoms with Crippen molar-refractivity contribution >= 4 is 28.3 Å². The topological polar surface area (TPSA) is 62.4 Å². The summed E-state index contributed by atoms with van der Waals surface area (Å²) >= 11 is 5.67. The zero-order valence-electron chi connectivity index (χ0n) is 15.1. The van der Waals surface area contributed by atoms with Gasteiger partial charge in [0.2, 0.25) is 0 Å². The number of amides is 1. The van der Waals surface area contributed by atoms with Gasteiger partial charge in [-0.3, -0.25) is 9.59 Å². The van der Waals surface area contributed by atoms with Crippen LogP contribution in [0.5, 0.6) is 0 Å². The van der Waals surface area contributed by atoms with Crippen molar-refractivity contribution in [2.24, 2.45) is 0 Å². The highest BCUT2D eigenvalue weighted by molar-refractivity contribution is 6.30. The van der Waals surface area contributed by atoms with Gasteiger partial charge in [0.05, 0.1) is 29.7 Å². The van der Waals surface area contributed by atoms with Crippen molar-refractivity contribution in [2.75, 3.05) is 13.7 Å². The number of pyridine rings is 1. The van der Waals surface area contributed by atoms with Gasteiger partial charge in [-0.25, -0.2) is 13.2 Å². The van der Waals surface area contributed by atoms with E-state index in [-0.39, 0.29) is 34.6 Å². The van der Waals surface area contributed by atoms with Crippen LogP contribution in [0, 0.1) is 17.5 Å². The second-order valence-electron chi connectivity index (χ2n) is 6.73. The summed E-state index contributed by atoms with van der Waals surface area (Å²) in [6, 6.07) is 4.73. The fourth-order valence-electron chi connectivity index (χ4n) is 3.52. The Morgan fingerprint density at radius 1 is 1.14 bits per heavy atom. The first-order valence-electron chi connectivity index (χ1n) is 8.61. The van der Waals surface area contributed by atoms with Gasteiger partial charge < -0.3 is 14.6 Å². The highest BCUT2D eigenvalue weighted by atomic mass is 35.5. The Morgan fingerprint density at radius 2 is 1.83 bits per heavy atom. The summed E-state index contributed by atoms with van der Waals surface area (Å²) in [4.78, 5) is 29.1. The van der Waals surface area contributed by atoms with Gasteiger partial charge >= 0.3 is 0 Å². The van der Waals surface area contributed by atoms with Gasteiger partial charge in [0.15, 0.2) is 11.6 Å². The lowest BCUT2D eigenvalue weighted by Crippen LogP contribution is -2.37. The van der Waals surface area contributed by atoms with Gasteiger partial charge in [-0.15, -0.1) is 0 Å². The predicted molar refractivity (Wildman–Crippen MR) is 100 cm³/mol. The second-order valence-corrected chi connectivity index (χ2v) is 7.14. The van der Waals surface area contributed by atoms with Crippen LogP contribution < -0.4 is 5.56 Å². The van der Waals surface area contributed by atoms with Gasteiger partial charge in [-0.2, -0.15) is 0 Å². The molecule has 150 valence electrons. The lowest BCUT2D eigenvalue weighted by Gasteiger charge is -2.34. The minimum atomic E-state index is -1.15.